The molecule has 5 N–H and O–H groups in total. The van der Waals surface area contributed by atoms with Gasteiger partial charge in [-0.3, -0.25) is 4.79 Å². The van der Waals surface area contributed by atoms with Crippen molar-refractivity contribution in [3.8, 4) is 0 Å². The molecule has 0 heterocycles. The highest BCUT2D eigenvalue weighted by molar-refractivity contribution is 5.67. The van der Waals surface area contributed by atoms with Crippen LogP contribution < -0.4 is 11.5 Å². The van der Waals surface area contributed by atoms with Gasteiger partial charge in [0.1, 0.15) is 0 Å². The summed E-state index contributed by atoms with van der Waals surface area (Å²) in [6.07, 6.45) is 1.75. The SMILES string of the molecule is CC1C[C@@](CN)(CC(=O)O)C[C@H]1N. The number of carbonyl (C=O) groups is 1. The van der Waals surface area contributed by atoms with E-state index < -0.39 is 5.97 Å². The van der Waals surface area contributed by atoms with Gasteiger partial charge in [-0.2, -0.15) is 0 Å². The van der Waals surface area contributed by atoms with Crippen LogP contribution in [0.15, 0.2) is 0 Å². The molecular formula is C9H18N2O2. The topological polar surface area (TPSA) is 89.3 Å². The highest BCUT2D eigenvalue weighted by Crippen LogP contribution is 2.42. The molecule has 0 saturated heterocycles. The summed E-state index contributed by atoms with van der Waals surface area (Å²) in [6.45, 7) is 2.49. The lowest BCUT2D eigenvalue weighted by Crippen LogP contribution is -2.32. The Kier molecular flexibility index (Phi) is 2.93. The molecule has 4 nitrogen and oxygen atoms in total. The van der Waals surface area contributed by atoms with Gasteiger partial charge in [0.25, 0.3) is 0 Å². The summed E-state index contributed by atoms with van der Waals surface area (Å²) in [5.74, 6) is -0.380. The third-order valence-electron chi connectivity index (χ3n) is 3.11. The van der Waals surface area contributed by atoms with E-state index in [9.17, 15) is 4.79 Å². The smallest absolute Gasteiger partial charge is 0.303 e. The Morgan fingerprint density at radius 2 is 2.23 bits per heavy atom. The van der Waals surface area contributed by atoms with Crippen molar-refractivity contribution in [3.05, 3.63) is 0 Å². The van der Waals surface area contributed by atoms with Gasteiger partial charge in [-0.15, -0.1) is 0 Å². The first-order valence-electron chi connectivity index (χ1n) is 4.66. The highest BCUT2D eigenvalue weighted by atomic mass is 16.4. The Labute approximate surface area is 78.3 Å². The Morgan fingerprint density at radius 3 is 2.54 bits per heavy atom. The Bertz CT molecular complexity index is 196. The maximum Gasteiger partial charge on any atom is 0.303 e. The molecule has 1 saturated carbocycles. The molecule has 1 aliphatic carbocycles. The molecule has 1 aliphatic rings. The number of carboxylic acid groups (broad SMARTS) is 1. The van der Waals surface area contributed by atoms with Gasteiger partial charge in [-0.25, -0.2) is 0 Å². The Morgan fingerprint density at radius 1 is 1.62 bits per heavy atom. The van der Waals surface area contributed by atoms with Crippen molar-refractivity contribution in [1.29, 1.82) is 0 Å². The zero-order valence-corrected chi connectivity index (χ0v) is 7.99. The van der Waals surface area contributed by atoms with Crippen LogP contribution in [-0.2, 0) is 4.79 Å². The molecule has 13 heavy (non-hydrogen) atoms. The van der Waals surface area contributed by atoms with E-state index in [1.165, 1.54) is 0 Å². The fourth-order valence-electron chi connectivity index (χ4n) is 2.32. The molecule has 0 radical (unpaired) electrons. The van der Waals surface area contributed by atoms with E-state index in [4.69, 9.17) is 16.6 Å². The van der Waals surface area contributed by atoms with Crippen LogP contribution in [0.3, 0.4) is 0 Å². The lowest BCUT2D eigenvalue weighted by Gasteiger charge is -2.25. The zero-order valence-electron chi connectivity index (χ0n) is 7.99. The largest absolute Gasteiger partial charge is 0.481 e. The number of hydrogen-bond donors (Lipinski definition) is 3. The normalized spacial score (nSPS) is 39.3. The molecule has 1 rings (SSSR count). The molecule has 3 atom stereocenters. The molecule has 1 fully saturated rings. The molecule has 0 aromatic heterocycles. The molecule has 0 aliphatic heterocycles. The second-order valence-electron chi connectivity index (χ2n) is 4.32. The predicted octanol–water partition coefficient (Wildman–Crippen LogP) is 0.163. The lowest BCUT2D eigenvalue weighted by molar-refractivity contribution is -0.139. The lowest BCUT2D eigenvalue weighted by atomic mass is 9.82. The van der Waals surface area contributed by atoms with Gasteiger partial charge >= 0.3 is 5.97 Å². The van der Waals surface area contributed by atoms with Gasteiger partial charge in [0.15, 0.2) is 0 Å². The van der Waals surface area contributed by atoms with E-state index in [1.807, 2.05) is 0 Å². The third-order valence-corrected chi connectivity index (χ3v) is 3.11. The van der Waals surface area contributed by atoms with E-state index >= 15 is 0 Å². The molecule has 1 unspecified atom stereocenters. The zero-order chi connectivity index (χ0) is 10.1. The number of aliphatic carboxylic acids is 1. The van der Waals surface area contributed by atoms with E-state index in [-0.39, 0.29) is 17.9 Å². The van der Waals surface area contributed by atoms with Gasteiger partial charge in [-0.1, -0.05) is 6.92 Å². The fraction of sp³-hybridized carbons (Fsp3) is 0.889. The van der Waals surface area contributed by atoms with Crippen LogP contribution >= 0.6 is 0 Å². The van der Waals surface area contributed by atoms with Crippen LogP contribution in [0.2, 0.25) is 0 Å². The first-order chi connectivity index (χ1) is 5.99. The van der Waals surface area contributed by atoms with Crippen LogP contribution in [0.25, 0.3) is 0 Å². The molecule has 0 aromatic rings. The van der Waals surface area contributed by atoms with E-state index in [2.05, 4.69) is 6.92 Å². The minimum absolute atomic E-state index is 0.114. The molecule has 76 valence electrons. The van der Waals surface area contributed by atoms with Crippen molar-refractivity contribution < 1.29 is 9.90 Å². The second kappa shape index (κ2) is 3.64. The number of rotatable bonds is 3. The average molecular weight is 186 g/mol. The first kappa shape index (κ1) is 10.5. The molecule has 4 heteroatoms. The molecule has 0 spiro atoms. The third kappa shape index (κ3) is 2.19. The predicted molar refractivity (Wildman–Crippen MR) is 50.1 cm³/mol. The minimum Gasteiger partial charge on any atom is -0.481 e. The number of nitrogens with two attached hydrogens (primary N) is 2. The average Bonchev–Trinajstić information content (AvgIpc) is 2.27. The number of carboxylic acids is 1. The van der Waals surface area contributed by atoms with E-state index in [0.717, 1.165) is 12.8 Å². The van der Waals surface area contributed by atoms with E-state index in [0.29, 0.717) is 12.5 Å². The maximum atomic E-state index is 10.6. The van der Waals surface area contributed by atoms with Crippen molar-refractivity contribution in [2.24, 2.45) is 22.8 Å². The van der Waals surface area contributed by atoms with Crippen LogP contribution in [0.5, 0.6) is 0 Å². The van der Waals surface area contributed by atoms with Crippen molar-refractivity contribution in [2.75, 3.05) is 6.54 Å². The molecular weight excluding hydrogens is 168 g/mol. The fourth-order valence-corrected chi connectivity index (χ4v) is 2.32. The summed E-state index contributed by atoms with van der Waals surface area (Å²) in [5.41, 5.74) is 11.2. The Hall–Kier alpha value is -0.610. The maximum absolute atomic E-state index is 10.6. The van der Waals surface area contributed by atoms with Gasteiger partial charge in [0.2, 0.25) is 0 Å². The van der Waals surface area contributed by atoms with Gasteiger partial charge < -0.3 is 16.6 Å². The van der Waals surface area contributed by atoms with Gasteiger partial charge in [0, 0.05) is 6.04 Å². The van der Waals surface area contributed by atoms with Crippen molar-refractivity contribution in [2.45, 2.75) is 32.2 Å². The minimum atomic E-state index is -0.772. The van der Waals surface area contributed by atoms with Crippen molar-refractivity contribution in [3.63, 3.8) is 0 Å². The van der Waals surface area contributed by atoms with Crippen LogP contribution in [0, 0.1) is 11.3 Å². The van der Waals surface area contributed by atoms with Crippen LogP contribution in [0.4, 0.5) is 0 Å². The van der Waals surface area contributed by atoms with Crippen LogP contribution in [-0.4, -0.2) is 23.7 Å². The summed E-state index contributed by atoms with van der Waals surface area (Å²) in [6, 6.07) is 0.114. The standard InChI is InChI=1S/C9H18N2O2/c1-6-2-9(5-10,3-7(6)11)4-8(12)13/h6-7H,2-5,10-11H2,1H3,(H,12,13)/t6?,7-,9+/m1/s1. The molecule has 0 aromatic carbocycles. The first-order valence-corrected chi connectivity index (χ1v) is 4.66. The quantitative estimate of drug-likeness (QED) is 0.586. The van der Waals surface area contributed by atoms with Crippen molar-refractivity contribution >= 4 is 5.97 Å². The molecule has 0 bridgehead atoms. The summed E-state index contributed by atoms with van der Waals surface area (Å²) in [7, 11) is 0. The van der Waals surface area contributed by atoms with E-state index in [1.54, 1.807) is 0 Å². The Balaban J connectivity index is 2.67. The highest BCUT2D eigenvalue weighted by Gasteiger charge is 2.42. The second-order valence-corrected chi connectivity index (χ2v) is 4.32. The van der Waals surface area contributed by atoms with Gasteiger partial charge in [-0.05, 0) is 30.7 Å². The number of hydrogen-bond acceptors (Lipinski definition) is 3. The van der Waals surface area contributed by atoms with Crippen molar-refractivity contribution in [1.82, 2.24) is 0 Å². The summed E-state index contributed by atoms with van der Waals surface area (Å²) >= 11 is 0. The summed E-state index contributed by atoms with van der Waals surface area (Å²) < 4.78 is 0. The molecule has 0 amide bonds. The van der Waals surface area contributed by atoms with Crippen LogP contribution in [0.1, 0.15) is 26.2 Å². The summed E-state index contributed by atoms with van der Waals surface area (Å²) in [4.78, 5) is 10.6. The monoisotopic (exact) mass is 186 g/mol. The summed E-state index contributed by atoms with van der Waals surface area (Å²) in [5, 5.41) is 8.75. The van der Waals surface area contributed by atoms with Gasteiger partial charge in [0.05, 0.1) is 6.42 Å².